The fraction of sp³-hybridized carbons (Fsp3) is 0.143. The van der Waals surface area contributed by atoms with Crippen molar-refractivity contribution in [1.82, 2.24) is 9.99 Å². The Morgan fingerprint density at radius 2 is 1.63 bits per heavy atom. The zero-order valence-corrected chi connectivity index (χ0v) is 22.6. The molecule has 0 aliphatic carbocycles. The fourth-order valence-corrected chi connectivity index (χ4v) is 5.55. The van der Waals surface area contributed by atoms with Gasteiger partial charge in [-0.25, -0.2) is 18.2 Å². The van der Waals surface area contributed by atoms with Crippen LogP contribution in [0.5, 0.6) is 0 Å². The van der Waals surface area contributed by atoms with E-state index in [4.69, 9.17) is 11.6 Å². The van der Waals surface area contributed by atoms with Crippen molar-refractivity contribution >= 4 is 39.4 Å². The van der Waals surface area contributed by atoms with Crippen molar-refractivity contribution in [3.05, 3.63) is 112 Å². The zero-order valence-electron chi connectivity index (χ0n) is 21.0. The summed E-state index contributed by atoms with van der Waals surface area (Å²) in [6, 6.07) is 20.5. The molecule has 0 saturated carbocycles. The third-order valence-corrected chi connectivity index (χ3v) is 8.00. The number of sulfonamides is 1. The summed E-state index contributed by atoms with van der Waals surface area (Å²) in [5.41, 5.74) is 7.02. The van der Waals surface area contributed by atoms with Gasteiger partial charge in [-0.1, -0.05) is 29.3 Å². The monoisotopic (exact) mass is 552 g/mol. The number of hydrazone groups is 1. The molecule has 0 bridgehead atoms. The van der Waals surface area contributed by atoms with Gasteiger partial charge in [0.25, 0.3) is 15.9 Å². The Morgan fingerprint density at radius 3 is 2.26 bits per heavy atom. The lowest BCUT2D eigenvalue weighted by Gasteiger charge is -2.23. The number of aromatic nitrogens is 1. The predicted octanol–water partition coefficient (Wildman–Crippen LogP) is 5.54. The number of hydrogen-bond donors (Lipinski definition) is 1. The van der Waals surface area contributed by atoms with E-state index in [-0.39, 0.29) is 10.6 Å². The molecule has 0 unspecified atom stereocenters. The lowest BCUT2D eigenvalue weighted by atomic mass is 10.2. The van der Waals surface area contributed by atoms with Gasteiger partial charge in [0, 0.05) is 27.7 Å². The summed E-state index contributed by atoms with van der Waals surface area (Å²) in [6.45, 7) is 5.17. The van der Waals surface area contributed by atoms with Crippen LogP contribution in [-0.2, 0) is 14.8 Å². The maximum Gasteiger partial charge on any atom is 0.264 e. The molecule has 0 saturated heterocycles. The normalized spacial score (nSPS) is 11.6. The van der Waals surface area contributed by atoms with Crippen molar-refractivity contribution in [3.63, 3.8) is 0 Å². The molecular formula is C28H26ClFN4O3S. The molecule has 4 rings (SSSR count). The first kappa shape index (κ1) is 27.1. The van der Waals surface area contributed by atoms with E-state index in [0.29, 0.717) is 5.02 Å². The van der Waals surface area contributed by atoms with E-state index in [9.17, 15) is 17.6 Å². The second-order valence-corrected chi connectivity index (χ2v) is 11.0. The standard InChI is InChI=1S/C28H26ClFN4O3S/c1-19-4-14-27(15-5-19)38(36,37)33(25-12-8-24(30)9-13-25)18-28(35)32-31-17-22-16-20(2)34(21(22)3)26-10-6-23(29)7-11-26/h4-17H,18H2,1-3H3,(H,32,35)/b31-17-. The average Bonchev–Trinajstić information content (AvgIpc) is 3.16. The second kappa shape index (κ2) is 11.2. The van der Waals surface area contributed by atoms with Crippen LogP contribution >= 0.6 is 11.6 Å². The van der Waals surface area contributed by atoms with Gasteiger partial charge in [0.2, 0.25) is 0 Å². The number of carbonyl (C=O) groups excluding carboxylic acids is 1. The molecule has 0 aliphatic rings. The molecule has 1 heterocycles. The summed E-state index contributed by atoms with van der Waals surface area (Å²) in [7, 11) is -4.11. The van der Waals surface area contributed by atoms with E-state index in [0.717, 1.165) is 44.6 Å². The van der Waals surface area contributed by atoms with E-state index >= 15 is 0 Å². The molecule has 0 fully saturated rings. The van der Waals surface area contributed by atoms with Gasteiger partial charge in [-0.15, -0.1) is 0 Å². The minimum atomic E-state index is -4.11. The van der Waals surface area contributed by atoms with Crippen molar-refractivity contribution in [3.8, 4) is 5.69 Å². The third-order valence-electron chi connectivity index (χ3n) is 5.96. The molecule has 0 aliphatic heterocycles. The third kappa shape index (κ3) is 5.95. The first-order valence-corrected chi connectivity index (χ1v) is 13.5. The molecule has 4 aromatic rings. The predicted molar refractivity (Wildman–Crippen MR) is 148 cm³/mol. The van der Waals surface area contributed by atoms with E-state index in [1.807, 2.05) is 43.5 Å². The van der Waals surface area contributed by atoms with E-state index < -0.39 is 28.3 Å². The Morgan fingerprint density at radius 1 is 1.00 bits per heavy atom. The average molecular weight is 553 g/mol. The van der Waals surface area contributed by atoms with Gasteiger partial charge in [-0.05, 0) is 87.5 Å². The van der Waals surface area contributed by atoms with Crippen LogP contribution in [0, 0.1) is 26.6 Å². The fourth-order valence-electron chi connectivity index (χ4n) is 4.01. The van der Waals surface area contributed by atoms with Gasteiger partial charge in [-0.2, -0.15) is 5.10 Å². The number of carbonyl (C=O) groups is 1. The number of benzene rings is 3. The highest BCUT2D eigenvalue weighted by Crippen LogP contribution is 2.24. The molecule has 1 amide bonds. The highest BCUT2D eigenvalue weighted by Gasteiger charge is 2.27. The molecule has 1 N–H and O–H groups in total. The summed E-state index contributed by atoms with van der Waals surface area (Å²) in [5.74, 6) is -1.18. The lowest BCUT2D eigenvalue weighted by Crippen LogP contribution is -2.39. The van der Waals surface area contributed by atoms with Crippen LogP contribution in [-0.4, -0.2) is 31.7 Å². The molecule has 0 atom stereocenters. The molecule has 10 heteroatoms. The summed E-state index contributed by atoms with van der Waals surface area (Å²) in [5, 5.41) is 4.69. The van der Waals surface area contributed by atoms with Crippen LogP contribution in [0.4, 0.5) is 10.1 Å². The Bertz CT molecular complexity index is 1580. The van der Waals surface area contributed by atoms with Crippen LogP contribution in [0.15, 0.2) is 88.9 Å². The van der Waals surface area contributed by atoms with Gasteiger partial charge < -0.3 is 4.57 Å². The van der Waals surface area contributed by atoms with Crippen molar-refractivity contribution in [1.29, 1.82) is 0 Å². The molecule has 196 valence electrons. The van der Waals surface area contributed by atoms with E-state index in [2.05, 4.69) is 10.5 Å². The van der Waals surface area contributed by atoms with Crippen LogP contribution in [0.2, 0.25) is 5.02 Å². The smallest absolute Gasteiger partial charge is 0.264 e. The van der Waals surface area contributed by atoms with Gasteiger partial charge in [0.1, 0.15) is 12.4 Å². The number of halogens is 2. The Balaban J connectivity index is 1.54. The Hall–Kier alpha value is -3.95. The first-order valence-electron chi connectivity index (χ1n) is 11.7. The van der Waals surface area contributed by atoms with Crippen molar-refractivity contribution in [2.45, 2.75) is 25.7 Å². The highest BCUT2D eigenvalue weighted by molar-refractivity contribution is 7.92. The van der Waals surface area contributed by atoms with Crippen molar-refractivity contribution in [2.75, 3.05) is 10.8 Å². The van der Waals surface area contributed by atoms with Gasteiger partial charge in [0.15, 0.2) is 0 Å². The molecule has 0 radical (unpaired) electrons. The van der Waals surface area contributed by atoms with Gasteiger partial charge in [0.05, 0.1) is 16.8 Å². The number of amides is 1. The minimum Gasteiger partial charge on any atom is -0.318 e. The molecule has 38 heavy (non-hydrogen) atoms. The van der Waals surface area contributed by atoms with Gasteiger partial charge >= 0.3 is 0 Å². The number of rotatable bonds is 8. The summed E-state index contributed by atoms with van der Waals surface area (Å²) < 4.78 is 43.3. The number of nitrogens with zero attached hydrogens (tertiary/aromatic N) is 3. The number of nitrogens with one attached hydrogen (secondary N) is 1. The number of hydrogen-bond acceptors (Lipinski definition) is 4. The number of anilines is 1. The lowest BCUT2D eigenvalue weighted by molar-refractivity contribution is -0.119. The summed E-state index contributed by atoms with van der Waals surface area (Å²) in [4.78, 5) is 12.8. The maximum atomic E-state index is 13.5. The van der Waals surface area contributed by atoms with Crippen LogP contribution in [0.25, 0.3) is 5.69 Å². The topological polar surface area (TPSA) is 83.8 Å². The van der Waals surface area contributed by atoms with Crippen LogP contribution < -0.4 is 9.73 Å². The molecule has 0 spiro atoms. The highest BCUT2D eigenvalue weighted by atomic mass is 35.5. The van der Waals surface area contributed by atoms with E-state index in [1.54, 1.807) is 24.3 Å². The second-order valence-electron chi connectivity index (χ2n) is 8.73. The quantitative estimate of drug-likeness (QED) is 0.230. The molecular weight excluding hydrogens is 527 g/mol. The summed E-state index contributed by atoms with van der Waals surface area (Å²) in [6.07, 6.45) is 1.50. The zero-order chi connectivity index (χ0) is 27.4. The van der Waals surface area contributed by atoms with Crippen molar-refractivity contribution in [2.24, 2.45) is 5.10 Å². The maximum absolute atomic E-state index is 13.5. The van der Waals surface area contributed by atoms with Crippen molar-refractivity contribution < 1.29 is 17.6 Å². The van der Waals surface area contributed by atoms with Gasteiger partial charge in [-0.3, -0.25) is 9.10 Å². The summed E-state index contributed by atoms with van der Waals surface area (Å²) >= 11 is 6.00. The largest absolute Gasteiger partial charge is 0.318 e. The Kier molecular flexibility index (Phi) is 7.99. The van der Waals surface area contributed by atoms with Crippen LogP contribution in [0.1, 0.15) is 22.5 Å². The van der Waals surface area contributed by atoms with E-state index in [1.165, 1.54) is 30.5 Å². The SMILES string of the molecule is Cc1ccc(S(=O)(=O)N(CC(=O)N/N=C\c2cc(C)n(-c3ccc(Cl)cc3)c2C)c2ccc(F)cc2)cc1. The molecule has 3 aromatic carbocycles. The first-order chi connectivity index (χ1) is 18.1. The number of aryl methyl sites for hydroxylation is 2. The minimum absolute atomic E-state index is 0.0124. The molecule has 7 nitrogen and oxygen atoms in total. The Labute approximate surface area is 226 Å². The van der Waals surface area contributed by atoms with Crippen LogP contribution in [0.3, 0.4) is 0 Å². The molecule has 1 aromatic heterocycles.